The first-order valence-corrected chi connectivity index (χ1v) is 5.49. The molecule has 1 rings (SSSR count). The molecule has 0 N–H and O–H groups in total. The van der Waals surface area contributed by atoms with E-state index >= 15 is 0 Å². The van der Waals surface area contributed by atoms with Gasteiger partial charge in [0, 0.05) is 0 Å². The van der Waals surface area contributed by atoms with E-state index in [-0.39, 0.29) is 0 Å². The van der Waals surface area contributed by atoms with Crippen LogP contribution in [-0.2, 0) is 17.9 Å². The Kier molecular flexibility index (Phi) is 3.53. The van der Waals surface area contributed by atoms with E-state index in [4.69, 9.17) is 0 Å². The number of nitrogens with zero attached hydrogens (tertiary/aromatic N) is 2. The van der Waals surface area contributed by atoms with Gasteiger partial charge in [0.05, 0.1) is 10.0 Å². The summed E-state index contributed by atoms with van der Waals surface area (Å²) in [5.41, 5.74) is -4.25. The van der Waals surface area contributed by atoms with Crippen LogP contribution < -0.4 is 0 Å². The van der Waals surface area contributed by atoms with Crippen LogP contribution in [0.4, 0.5) is 26.3 Å². The van der Waals surface area contributed by atoms with E-state index in [1.165, 1.54) is 20.8 Å². The van der Waals surface area contributed by atoms with Crippen molar-refractivity contribution in [1.82, 2.24) is 9.78 Å². The maximum absolute atomic E-state index is 12.8. The SMILES string of the molecule is CC(C)(C)n1nc(C(F)(F)F)c(Br)c1C(F)(F)F. The van der Waals surface area contributed by atoms with Crippen molar-refractivity contribution in [2.24, 2.45) is 0 Å². The van der Waals surface area contributed by atoms with Gasteiger partial charge in [-0.1, -0.05) is 0 Å². The summed E-state index contributed by atoms with van der Waals surface area (Å²) in [5, 5.41) is 3.04. The van der Waals surface area contributed by atoms with Gasteiger partial charge in [-0.25, -0.2) is 0 Å². The van der Waals surface area contributed by atoms with Crippen molar-refractivity contribution < 1.29 is 26.3 Å². The molecule has 0 aliphatic heterocycles. The van der Waals surface area contributed by atoms with Gasteiger partial charge in [0.25, 0.3) is 0 Å². The number of halogens is 7. The Hall–Kier alpha value is -0.730. The molecule has 0 aromatic carbocycles. The van der Waals surface area contributed by atoms with Gasteiger partial charge in [0.2, 0.25) is 0 Å². The van der Waals surface area contributed by atoms with E-state index in [0.29, 0.717) is 4.68 Å². The molecular formula is C9H9BrF6N2. The van der Waals surface area contributed by atoms with Gasteiger partial charge >= 0.3 is 12.4 Å². The molecule has 1 aromatic heterocycles. The summed E-state index contributed by atoms with van der Waals surface area (Å²) in [7, 11) is 0. The lowest BCUT2D eigenvalue weighted by Gasteiger charge is -2.23. The molecule has 0 saturated heterocycles. The number of aromatic nitrogens is 2. The Labute approximate surface area is 107 Å². The van der Waals surface area contributed by atoms with Crippen molar-refractivity contribution in [3.05, 3.63) is 15.9 Å². The van der Waals surface area contributed by atoms with Crippen LogP contribution in [0.25, 0.3) is 0 Å². The average Bonchev–Trinajstić information content (AvgIpc) is 2.39. The number of hydrogen-bond acceptors (Lipinski definition) is 1. The minimum Gasteiger partial charge on any atom is -0.253 e. The molecule has 0 saturated carbocycles. The molecular weight excluding hydrogens is 330 g/mol. The minimum atomic E-state index is -4.95. The third-order valence-corrected chi connectivity index (χ3v) is 2.75. The molecule has 0 aliphatic carbocycles. The summed E-state index contributed by atoms with van der Waals surface area (Å²) in [5.74, 6) is 0. The van der Waals surface area contributed by atoms with Gasteiger partial charge in [0.15, 0.2) is 11.4 Å². The zero-order chi connectivity index (χ0) is 14.5. The highest BCUT2D eigenvalue weighted by Gasteiger charge is 2.47. The zero-order valence-electron chi connectivity index (χ0n) is 9.54. The van der Waals surface area contributed by atoms with E-state index < -0.39 is 33.8 Å². The van der Waals surface area contributed by atoms with E-state index in [1.807, 2.05) is 0 Å². The molecule has 2 nitrogen and oxygen atoms in total. The molecule has 0 atom stereocenters. The van der Waals surface area contributed by atoms with Crippen LogP contribution in [0, 0.1) is 0 Å². The third kappa shape index (κ3) is 2.81. The lowest BCUT2D eigenvalue weighted by molar-refractivity contribution is -0.146. The second-order valence-corrected chi connectivity index (χ2v) is 5.38. The standard InChI is InChI=1S/C9H9BrF6N2/c1-7(2,3)18-6(9(14,15)16)4(10)5(17-18)8(11,12)13/h1-3H3. The summed E-state index contributed by atoms with van der Waals surface area (Å²) in [6.07, 6.45) is -9.88. The van der Waals surface area contributed by atoms with E-state index in [9.17, 15) is 26.3 Å². The Morgan fingerprint density at radius 1 is 0.944 bits per heavy atom. The molecule has 104 valence electrons. The predicted molar refractivity (Wildman–Crippen MR) is 54.9 cm³/mol. The Morgan fingerprint density at radius 2 is 1.39 bits per heavy atom. The lowest BCUT2D eigenvalue weighted by Crippen LogP contribution is -2.29. The first-order valence-electron chi connectivity index (χ1n) is 4.69. The molecule has 0 spiro atoms. The highest BCUT2D eigenvalue weighted by molar-refractivity contribution is 9.10. The van der Waals surface area contributed by atoms with Crippen LogP contribution >= 0.6 is 15.9 Å². The highest BCUT2D eigenvalue weighted by Crippen LogP contribution is 2.43. The molecule has 0 unspecified atom stereocenters. The molecule has 1 heterocycles. The van der Waals surface area contributed by atoms with Crippen molar-refractivity contribution in [2.75, 3.05) is 0 Å². The molecule has 18 heavy (non-hydrogen) atoms. The van der Waals surface area contributed by atoms with Crippen LogP contribution in [0.1, 0.15) is 32.2 Å². The van der Waals surface area contributed by atoms with Gasteiger partial charge in [0.1, 0.15) is 0 Å². The van der Waals surface area contributed by atoms with Crippen molar-refractivity contribution >= 4 is 15.9 Å². The quantitative estimate of drug-likeness (QED) is 0.639. The molecule has 0 aliphatic rings. The van der Waals surface area contributed by atoms with Crippen LogP contribution in [0.5, 0.6) is 0 Å². The van der Waals surface area contributed by atoms with Crippen molar-refractivity contribution in [2.45, 2.75) is 38.7 Å². The summed E-state index contributed by atoms with van der Waals surface area (Å²) in [6, 6.07) is 0. The van der Waals surface area contributed by atoms with Crippen molar-refractivity contribution in [1.29, 1.82) is 0 Å². The fraction of sp³-hybridized carbons (Fsp3) is 0.667. The summed E-state index contributed by atoms with van der Waals surface area (Å²) in [6.45, 7) is 4.01. The number of hydrogen-bond donors (Lipinski definition) is 0. The minimum absolute atomic E-state index is 0.333. The van der Waals surface area contributed by atoms with Gasteiger partial charge in [-0.05, 0) is 36.7 Å². The van der Waals surface area contributed by atoms with Crippen LogP contribution in [0.15, 0.2) is 4.47 Å². The molecule has 0 bridgehead atoms. The van der Waals surface area contributed by atoms with Crippen molar-refractivity contribution in [3.8, 4) is 0 Å². The van der Waals surface area contributed by atoms with Gasteiger partial charge in [-0.3, -0.25) is 4.68 Å². The van der Waals surface area contributed by atoms with Crippen molar-refractivity contribution in [3.63, 3.8) is 0 Å². The first-order chi connectivity index (χ1) is 7.76. The number of rotatable bonds is 0. The molecule has 0 radical (unpaired) electrons. The normalized spacial score (nSPS) is 14.1. The highest BCUT2D eigenvalue weighted by atomic mass is 79.9. The lowest BCUT2D eigenvalue weighted by atomic mass is 10.1. The maximum atomic E-state index is 12.8. The summed E-state index contributed by atoms with van der Waals surface area (Å²) in [4.78, 5) is 0. The Morgan fingerprint density at radius 3 is 1.61 bits per heavy atom. The zero-order valence-corrected chi connectivity index (χ0v) is 11.1. The smallest absolute Gasteiger partial charge is 0.253 e. The predicted octanol–water partition coefficient (Wildman–Crippen LogP) is 4.44. The monoisotopic (exact) mass is 338 g/mol. The van der Waals surface area contributed by atoms with E-state index in [0.717, 1.165) is 0 Å². The van der Waals surface area contributed by atoms with Gasteiger partial charge in [-0.2, -0.15) is 31.4 Å². The molecule has 0 amide bonds. The maximum Gasteiger partial charge on any atom is 0.436 e. The van der Waals surface area contributed by atoms with E-state index in [1.54, 1.807) is 0 Å². The molecule has 9 heteroatoms. The Bertz CT molecular complexity index is 451. The largest absolute Gasteiger partial charge is 0.436 e. The fourth-order valence-corrected chi connectivity index (χ4v) is 2.01. The fourth-order valence-electron chi connectivity index (χ4n) is 1.31. The topological polar surface area (TPSA) is 17.8 Å². The van der Waals surface area contributed by atoms with Crippen LogP contribution in [-0.4, -0.2) is 9.78 Å². The second-order valence-electron chi connectivity index (χ2n) is 4.59. The number of alkyl halides is 6. The summed E-state index contributed by atoms with van der Waals surface area (Å²) >= 11 is 2.34. The first kappa shape index (κ1) is 15.3. The average molecular weight is 339 g/mol. The summed E-state index contributed by atoms with van der Waals surface area (Å²) < 4.78 is 75.2. The Balaban J connectivity index is 3.63. The molecule has 1 aromatic rings. The molecule has 0 fully saturated rings. The van der Waals surface area contributed by atoms with E-state index in [2.05, 4.69) is 21.0 Å². The van der Waals surface area contributed by atoms with Gasteiger partial charge in [-0.15, -0.1) is 0 Å². The third-order valence-electron chi connectivity index (χ3n) is 2.00. The second kappa shape index (κ2) is 4.14. The van der Waals surface area contributed by atoms with Gasteiger partial charge < -0.3 is 0 Å². The van der Waals surface area contributed by atoms with Crippen LogP contribution in [0.2, 0.25) is 0 Å². The van der Waals surface area contributed by atoms with Crippen LogP contribution in [0.3, 0.4) is 0 Å².